The number of fused-ring (bicyclic) bond motifs is 4. The summed E-state index contributed by atoms with van der Waals surface area (Å²) >= 11 is 0. The van der Waals surface area contributed by atoms with Crippen LogP contribution in [-0.2, 0) is 4.79 Å². The van der Waals surface area contributed by atoms with Gasteiger partial charge in [0, 0.05) is 23.6 Å². The second kappa shape index (κ2) is 7.89. The molecule has 0 aliphatic heterocycles. The van der Waals surface area contributed by atoms with Crippen molar-refractivity contribution in [3.05, 3.63) is 48.2 Å². The molecule has 4 aromatic rings. The number of hydrogen-bond donors (Lipinski definition) is 3. The van der Waals surface area contributed by atoms with Crippen LogP contribution >= 0.6 is 0 Å². The van der Waals surface area contributed by atoms with Crippen LogP contribution in [0, 0.1) is 29.4 Å². The lowest BCUT2D eigenvalue weighted by Gasteiger charge is -2.47. The van der Waals surface area contributed by atoms with Gasteiger partial charge in [-0.2, -0.15) is 5.10 Å². The third-order valence-corrected chi connectivity index (χ3v) is 7.12. The van der Waals surface area contributed by atoms with E-state index in [2.05, 4.69) is 25.5 Å². The maximum atomic E-state index is 14.2. The van der Waals surface area contributed by atoms with Gasteiger partial charge < -0.3 is 14.8 Å². The topological polar surface area (TPSA) is 117 Å². The number of hydrogen-bond acceptors (Lipinski definition) is 6. The number of carboxylic acids is 1. The van der Waals surface area contributed by atoms with E-state index < -0.39 is 23.5 Å². The summed E-state index contributed by atoms with van der Waals surface area (Å²) in [6.45, 7) is 0. The number of aliphatic carboxylic acids is 1. The predicted molar refractivity (Wildman–Crippen MR) is 119 cm³/mol. The van der Waals surface area contributed by atoms with E-state index in [-0.39, 0.29) is 40.3 Å². The number of anilines is 1. The molecule has 3 aromatic heterocycles. The summed E-state index contributed by atoms with van der Waals surface area (Å²) in [6.07, 6.45) is 5.29. The Hall–Kier alpha value is -3.82. The Morgan fingerprint density at radius 2 is 1.91 bits per heavy atom. The molecule has 3 aliphatic carbocycles. The lowest BCUT2D eigenvalue weighted by Crippen LogP contribution is -2.51. The molecule has 1 aromatic carbocycles. The Kier molecular flexibility index (Phi) is 4.82. The first kappa shape index (κ1) is 20.8. The van der Waals surface area contributed by atoms with E-state index in [4.69, 9.17) is 4.42 Å². The van der Waals surface area contributed by atoms with Gasteiger partial charge in [-0.15, -0.1) is 0 Å². The number of furan rings is 1. The van der Waals surface area contributed by atoms with Crippen molar-refractivity contribution < 1.29 is 23.1 Å². The Labute approximate surface area is 192 Å². The predicted octanol–water partition coefficient (Wildman–Crippen LogP) is 4.86. The number of rotatable bonds is 5. The van der Waals surface area contributed by atoms with Gasteiger partial charge >= 0.3 is 5.97 Å². The molecule has 0 amide bonds. The largest absolute Gasteiger partial charge is 0.481 e. The molecule has 174 valence electrons. The van der Waals surface area contributed by atoms with Crippen molar-refractivity contribution in [2.24, 2.45) is 17.8 Å². The summed E-state index contributed by atoms with van der Waals surface area (Å²) in [7, 11) is 0. The molecule has 0 radical (unpaired) electrons. The number of carboxylic acid groups (broad SMARTS) is 1. The minimum absolute atomic E-state index is 0.0495. The summed E-state index contributed by atoms with van der Waals surface area (Å²) in [6, 6.07) is 6.83. The average molecular weight is 465 g/mol. The van der Waals surface area contributed by atoms with Crippen molar-refractivity contribution in [3.8, 4) is 23.0 Å². The molecule has 2 bridgehead atoms. The maximum Gasteiger partial charge on any atom is 0.308 e. The molecule has 2 atom stereocenters. The zero-order valence-corrected chi connectivity index (χ0v) is 18.0. The quantitative estimate of drug-likeness (QED) is 0.385. The average Bonchev–Trinajstić information content (AvgIpc) is 3.50. The van der Waals surface area contributed by atoms with Gasteiger partial charge in [-0.25, -0.2) is 18.7 Å². The molecular formula is C24H21F2N5O3. The van der Waals surface area contributed by atoms with Crippen LogP contribution in [0.1, 0.15) is 25.7 Å². The lowest BCUT2D eigenvalue weighted by molar-refractivity contribution is -0.148. The maximum absolute atomic E-state index is 14.2. The van der Waals surface area contributed by atoms with Crippen molar-refractivity contribution >= 4 is 22.7 Å². The Balaban J connectivity index is 1.46. The van der Waals surface area contributed by atoms with Crippen LogP contribution in [0.2, 0.25) is 0 Å². The number of halogens is 2. The van der Waals surface area contributed by atoms with Gasteiger partial charge in [0.2, 0.25) is 0 Å². The number of nitrogens with zero attached hydrogens (tertiary/aromatic N) is 3. The van der Waals surface area contributed by atoms with Crippen molar-refractivity contribution in [1.82, 2.24) is 20.2 Å². The van der Waals surface area contributed by atoms with Gasteiger partial charge in [0.25, 0.3) is 0 Å². The standard InChI is InChI=1S/C24H21F2N5O3/c25-13-8-14-21(15(26)9-13)30-31-22(14)23-27-16(17-2-1-7-34-17)10-18(29-23)28-20-12-5-3-11(4-6-12)19(20)24(32)33/h1-2,7-12,19-20H,3-6H2,(H,30,31)(H,32,33)(H,27,28,29). The fourth-order valence-corrected chi connectivity index (χ4v) is 5.58. The van der Waals surface area contributed by atoms with Gasteiger partial charge in [0.05, 0.1) is 12.2 Å². The number of aromatic amines is 1. The second-order valence-corrected chi connectivity index (χ2v) is 9.03. The number of H-pyrrole nitrogens is 1. The highest BCUT2D eigenvalue weighted by atomic mass is 19.1. The minimum Gasteiger partial charge on any atom is -0.481 e. The van der Waals surface area contributed by atoms with Gasteiger partial charge in [0.15, 0.2) is 17.4 Å². The normalized spacial score (nSPS) is 23.9. The van der Waals surface area contributed by atoms with Crippen molar-refractivity contribution in [2.45, 2.75) is 31.7 Å². The van der Waals surface area contributed by atoms with E-state index in [0.29, 0.717) is 17.3 Å². The molecule has 8 nitrogen and oxygen atoms in total. The van der Waals surface area contributed by atoms with E-state index in [9.17, 15) is 18.7 Å². The first-order valence-electron chi connectivity index (χ1n) is 11.2. The molecule has 10 heteroatoms. The molecular weight excluding hydrogens is 444 g/mol. The highest BCUT2D eigenvalue weighted by Crippen LogP contribution is 2.46. The van der Waals surface area contributed by atoms with Crippen LogP contribution in [0.15, 0.2) is 41.0 Å². The van der Waals surface area contributed by atoms with Crippen LogP contribution < -0.4 is 5.32 Å². The fourth-order valence-electron chi connectivity index (χ4n) is 5.58. The number of nitrogens with one attached hydrogen (secondary N) is 2. The van der Waals surface area contributed by atoms with Crippen LogP contribution in [0.4, 0.5) is 14.6 Å². The number of aromatic nitrogens is 4. The minimum atomic E-state index is -0.809. The summed E-state index contributed by atoms with van der Waals surface area (Å²) in [5, 5.41) is 20.2. The summed E-state index contributed by atoms with van der Waals surface area (Å²) in [5.41, 5.74) is 0.677. The summed E-state index contributed by atoms with van der Waals surface area (Å²) < 4.78 is 33.7. The van der Waals surface area contributed by atoms with Crippen LogP contribution in [0.25, 0.3) is 33.9 Å². The molecule has 0 saturated heterocycles. The molecule has 3 heterocycles. The van der Waals surface area contributed by atoms with E-state index in [1.165, 1.54) is 12.3 Å². The van der Waals surface area contributed by atoms with Crippen molar-refractivity contribution in [2.75, 3.05) is 5.32 Å². The Morgan fingerprint density at radius 1 is 1.12 bits per heavy atom. The highest BCUT2D eigenvalue weighted by Gasteiger charge is 2.47. The zero-order chi connectivity index (χ0) is 23.4. The van der Waals surface area contributed by atoms with Crippen molar-refractivity contribution in [3.63, 3.8) is 0 Å². The van der Waals surface area contributed by atoms with Gasteiger partial charge in [-0.05, 0) is 55.7 Å². The molecule has 3 saturated carbocycles. The van der Waals surface area contributed by atoms with Crippen LogP contribution in [-0.4, -0.2) is 37.3 Å². The molecule has 7 rings (SSSR count). The summed E-state index contributed by atoms with van der Waals surface area (Å²) in [4.78, 5) is 21.2. The van der Waals surface area contributed by atoms with E-state index in [0.717, 1.165) is 31.7 Å². The number of benzene rings is 1. The fraction of sp³-hybridized carbons (Fsp3) is 0.333. The first-order valence-corrected chi connectivity index (χ1v) is 11.2. The van der Waals surface area contributed by atoms with Crippen LogP contribution in [0.5, 0.6) is 0 Å². The molecule has 34 heavy (non-hydrogen) atoms. The highest BCUT2D eigenvalue weighted by molar-refractivity contribution is 5.92. The molecule has 3 N–H and O–H groups in total. The third-order valence-electron chi connectivity index (χ3n) is 7.12. The van der Waals surface area contributed by atoms with E-state index >= 15 is 0 Å². The van der Waals surface area contributed by atoms with E-state index in [1.807, 2.05) is 0 Å². The van der Waals surface area contributed by atoms with Crippen LogP contribution in [0.3, 0.4) is 0 Å². The molecule has 3 aliphatic rings. The Bertz CT molecular complexity index is 1380. The van der Waals surface area contributed by atoms with Gasteiger partial charge in [0.1, 0.15) is 28.5 Å². The van der Waals surface area contributed by atoms with E-state index in [1.54, 1.807) is 18.2 Å². The first-order chi connectivity index (χ1) is 16.5. The molecule has 0 spiro atoms. The smallest absolute Gasteiger partial charge is 0.308 e. The molecule has 2 unspecified atom stereocenters. The third kappa shape index (κ3) is 3.41. The monoisotopic (exact) mass is 465 g/mol. The Morgan fingerprint density at radius 3 is 2.65 bits per heavy atom. The number of carbonyl (C=O) groups is 1. The lowest BCUT2D eigenvalue weighted by atomic mass is 9.61. The van der Waals surface area contributed by atoms with Gasteiger partial charge in [-0.3, -0.25) is 9.89 Å². The van der Waals surface area contributed by atoms with Crippen molar-refractivity contribution in [1.29, 1.82) is 0 Å². The second-order valence-electron chi connectivity index (χ2n) is 9.03. The molecule has 3 fully saturated rings. The SMILES string of the molecule is O=C(O)C1C2CCC(CC2)C1Nc1cc(-c2ccco2)nc(-c2n[nH]c3c(F)cc(F)cc23)n1. The van der Waals surface area contributed by atoms with Gasteiger partial charge in [-0.1, -0.05) is 0 Å². The summed E-state index contributed by atoms with van der Waals surface area (Å²) in [5.74, 6) is -1.44. The zero-order valence-electron chi connectivity index (χ0n) is 18.0.